The van der Waals surface area contributed by atoms with Crippen LogP contribution in [0.3, 0.4) is 0 Å². The van der Waals surface area contributed by atoms with Crippen LogP contribution in [0.15, 0.2) is 18.2 Å². The van der Waals surface area contributed by atoms with E-state index in [0.717, 1.165) is 6.07 Å². The zero-order valence-corrected chi connectivity index (χ0v) is 9.88. The van der Waals surface area contributed by atoms with E-state index >= 15 is 0 Å². The molecule has 0 aromatic heterocycles. The fourth-order valence-corrected chi connectivity index (χ4v) is 1.75. The van der Waals surface area contributed by atoms with Gasteiger partial charge < -0.3 is 0 Å². The van der Waals surface area contributed by atoms with Crippen LogP contribution in [0.5, 0.6) is 0 Å². The van der Waals surface area contributed by atoms with Crippen molar-refractivity contribution < 1.29 is 8.78 Å². The summed E-state index contributed by atoms with van der Waals surface area (Å²) >= 11 is 11.6. The molecule has 0 atom stereocenters. The van der Waals surface area contributed by atoms with Gasteiger partial charge in [-0.15, -0.1) is 23.2 Å². The summed E-state index contributed by atoms with van der Waals surface area (Å²) in [6.07, 6.45) is 0.539. The molecule has 0 radical (unpaired) electrons. The van der Waals surface area contributed by atoms with Crippen molar-refractivity contribution in [1.29, 1.82) is 0 Å². The summed E-state index contributed by atoms with van der Waals surface area (Å²) in [6.45, 7) is 1.91. The predicted molar refractivity (Wildman–Crippen MR) is 59.6 cm³/mol. The maximum Gasteiger partial charge on any atom is 0.159 e. The Balaban J connectivity index is 2.85. The molecule has 0 saturated heterocycles. The molecule has 0 heterocycles. The highest BCUT2D eigenvalue weighted by atomic mass is 35.5. The van der Waals surface area contributed by atoms with Crippen LogP contribution in [-0.4, -0.2) is 11.8 Å². The van der Waals surface area contributed by atoms with E-state index in [4.69, 9.17) is 23.2 Å². The van der Waals surface area contributed by atoms with Crippen molar-refractivity contribution in [3.63, 3.8) is 0 Å². The lowest BCUT2D eigenvalue weighted by Crippen LogP contribution is -2.23. The smallest absolute Gasteiger partial charge is 0.159 e. The SMILES string of the molecule is CC(CCl)(CCl)Cc1ccc(F)c(F)c1. The maximum atomic E-state index is 12.9. The number of rotatable bonds is 4. The van der Waals surface area contributed by atoms with Gasteiger partial charge in [0.25, 0.3) is 0 Å². The minimum atomic E-state index is -0.836. The summed E-state index contributed by atoms with van der Waals surface area (Å²) in [7, 11) is 0. The molecule has 0 nitrogen and oxygen atoms in total. The van der Waals surface area contributed by atoms with Gasteiger partial charge in [0.1, 0.15) is 0 Å². The molecule has 0 bridgehead atoms. The second kappa shape index (κ2) is 5.13. The number of alkyl halides is 2. The van der Waals surface area contributed by atoms with Crippen LogP contribution in [0.25, 0.3) is 0 Å². The van der Waals surface area contributed by atoms with E-state index in [-0.39, 0.29) is 5.41 Å². The molecule has 0 unspecified atom stereocenters. The quantitative estimate of drug-likeness (QED) is 0.711. The largest absolute Gasteiger partial charge is 0.204 e. The molecule has 0 aliphatic carbocycles. The van der Waals surface area contributed by atoms with E-state index < -0.39 is 11.6 Å². The summed E-state index contributed by atoms with van der Waals surface area (Å²) in [4.78, 5) is 0. The molecule has 15 heavy (non-hydrogen) atoms. The first-order valence-corrected chi connectivity index (χ1v) is 5.63. The lowest BCUT2D eigenvalue weighted by molar-refractivity contribution is 0.422. The Morgan fingerprint density at radius 2 is 1.73 bits per heavy atom. The topological polar surface area (TPSA) is 0 Å². The third-order valence-corrected chi connectivity index (χ3v) is 3.55. The van der Waals surface area contributed by atoms with E-state index in [1.54, 1.807) is 6.07 Å². The normalized spacial score (nSPS) is 11.8. The third kappa shape index (κ3) is 3.32. The van der Waals surface area contributed by atoms with Gasteiger partial charge in [-0.25, -0.2) is 8.78 Å². The van der Waals surface area contributed by atoms with Gasteiger partial charge in [-0.3, -0.25) is 0 Å². The molecule has 1 aromatic carbocycles. The number of hydrogen-bond donors (Lipinski definition) is 0. The Bertz CT molecular complexity index is 335. The Morgan fingerprint density at radius 3 is 2.20 bits per heavy atom. The van der Waals surface area contributed by atoms with Gasteiger partial charge in [-0.1, -0.05) is 13.0 Å². The van der Waals surface area contributed by atoms with Crippen LogP contribution >= 0.6 is 23.2 Å². The second-order valence-electron chi connectivity index (χ2n) is 4.00. The molecule has 0 N–H and O–H groups in total. The molecule has 0 saturated carbocycles. The summed E-state index contributed by atoms with van der Waals surface area (Å²) < 4.78 is 25.6. The zero-order valence-electron chi connectivity index (χ0n) is 8.37. The number of benzene rings is 1. The molecule has 0 aliphatic heterocycles. The van der Waals surface area contributed by atoms with E-state index in [0.29, 0.717) is 23.7 Å². The maximum absolute atomic E-state index is 12.9. The molecule has 0 aliphatic rings. The standard InChI is InChI=1S/C11H12Cl2F2/c1-11(6-12,7-13)5-8-2-3-9(14)10(15)4-8/h2-4H,5-7H2,1H3. The summed E-state index contributed by atoms with van der Waals surface area (Å²) in [5.74, 6) is -0.901. The second-order valence-corrected chi connectivity index (χ2v) is 4.54. The Hall–Kier alpha value is -0.340. The average Bonchev–Trinajstić information content (AvgIpc) is 2.23. The van der Waals surface area contributed by atoms with Crippen LogP contribution in [0.1, 0.15) is 12.5 Å². The predicted octanol–water partition coefficient (Wildman–Crippen LogP) is 3.99. The van der Waals surface area contributed by atoms with Crippen molar-refractivity contribution in [3.05, 3.63) is 35.4 Å². The van der Waals surface area contributed by atoms with Gasteiger partial charge in [0.15, 0.2) is 11.6 Å². The van der Waals surface area contributed by atoms with E-state index in [1.165, 1.54) is 6.07 Å². The highest BCUT2D eigenvalue weighted by Crippen LogP contribution is 2.26. The average molecular weight is 253 g/mol. The Kier molecular flexibility index (Phi) is 4.35. The minimum Gasteiger partial charge on any atom is -0.204 e. The van der Waals surface area contributed by atoms with Crippen LogP contribution in [0.4, 0.5) is 8.78 Å². The zero-order chi connectivity index (χ0) is 11.5. The van der Waals surface area contributed by atoms with Crippen molar-refractivity contribution in [3.8, 4) is 0 Å². The molecule has 0 spiro atoms. The monoisotopic (exact) mass is 252 g/mol. The van der Waals surface area contributed by atoms with Gasteiger partial charge in [-0.2, -0.15) is 0 Å². The van der Waals surface area contributed by atoms with Crippen molar-refractivity contribution in [2.75, 3.05) is 11.8 Å². The molecule has 1 aromatic rings. The van der Waals surface area contributed by atoms with Crippen LogP contribution in [-0.2, 0) is 6.42 Å². The molecule has 0 fully saturated rings. The van der Waals surface area contributed by atoms with Crippen molar-refractivity contribution >= 4 is 23.2 Å². The molecule has 1 rings (SSSR count). The van der Waals surface area contributed by atoms with Crippen molar-refractivity contribution in [2.24, 2.45) is 5.41 Å². The number of halogens is 4. The molecular weight excluding hydrogens is 241 g/mol. The fourth-order valence-electron chi connectivity index (χ4n) is 1.27. The minimum absolute atomic E-state index is 0.284. The van der Waals surface area contributed by atoms with Crippen LogP contribution in [0.2, 0.25) is 0 Å². The van der Waals surface area contributed by atoms with Gasteiger partial charge in [-0.05, 0) is 29.5 Å². The van der Waals surface area contributed by atoms with Crippen LogP contribution < -0.4 is 0 Å². The van der Waals surface area contributed by atoms with Crippen molar-refractivity contribution in [2.45, 2.75) is 13.3 Å². The molecule has 4 heteroatoms. The van der Waals surface area contributed by atoms with E-state index in [2.05, 4.69) is 0 Å². The Labute approximate surface area is 98.2 Å². The first-order valence-electron chi connectivity index (χ1n) is 4.56. The van der Waals surface area contributed by atoms with E-state index in [1.807, 2.05) is 6.92 Å². The highest BCUT2D eigenvalue weighted by Gasteiger charge is 2.23. The Morgan fingerprint density at radius 1 is 1.13 bits per heavy atom. The van der Waals surface area contributed by atoms with Crippen molar-refractivity contribution in [1.82, 2.24) is 0 Å². The fraction of sp³-hybridized carbons (Fsp3) is 0.455. The molecule has 84 valence electrons. The van der Waals surface area contributed by atoms with Gasteiger partial charge >= 0.3 is 0 Å². The lowest BCUT2D eigenvalue weighted by atomic mass is 9.87. The third-order valence-electron chi connectivity index (χ3n) is 2.26. The first-order chi connectivity index (χ1) is 7.00. The number of hydrogen-bond acceptors (Lipinski definition) is 0. The molecule has 0 amide bonds. The highest BCUT2D eigenvalue weighted by molar-refractivity contribution is 6.21. The lowest BCUT2D eigenvalue weighted by Gasteiger charge is -2.24. The first kappa shape index (κ1) is 12.7. The molecular formula is C11H12Cl2F2. The van der Waals surface area contributed by atoms with Crippen LogP contribution in [0, 0.1) is 17.0 Å². The summed E-state index contributed by atoms with van der Waals surface area (Å²) in [6, 6.07) is 3.86. The van der Waals surface area contributed by atoms with Gasteiger partial charge in [0, 0.05) is 11.8 Å². The summed E-state index contributed by atoms with van der Waals surface area (Å²) in [5.41, 5.74) is 0.422. The van der Waals surface area contributed by atoms with Gasteiger partial charge in [0.2, 0.25) is 0 Å². The van der Waals surface area contributed by atoms with E-state index in [9.17, 15) is 8.78 Å². The summed E-state index contributed by atoms with van der Waals surface area (Å²) in [5, 5.41) is 0. The van der Waals surface area contributed by atoms with Gasteiger partial charge in [0.05, 0.1) is 0 Å².